The Morgan fingerprint density at radius 3 is 3.10 bits per heavy atom. The quantitative estimate of drug-likeness (QED) is 0.417. The number of likely N-dealkylation sites (tertiary alicyclic amines) is 1. The number of aromatic nitrogens is 1. The lowest BCUT2D eigenvalue weighted by Crippen LogP contribution is -2.36. The highest BCUT2D eigenvalue weighted by Gasteiger charge is 2.22. The van der Waals surface area contributed by atoms with Gasteiger partial charge in [-0.3, -0.25) is 9.89 Å². The highest BCUT2D eigenvalue weighted by molar-refractivity contribution is 14.0. The van der Waals surface area contributed by atoms with Gasteiger partial charge in [-0.15, -0.1) is 35.3 Å². The Labute approximate surface area is 148 Å². The van der Waals surface area contributed by atoms with Crippen LogP contribution < -0.4 is 11.1 Å². The molecule has 0 aliphatic carbocycles. The van der Waals surface area contributed by atoms with Crippen molar-refractivity contribution < 1.29 is 0 Å². The second kappa shape index (κ2) is 9.58. The van der Waals surface area contributed by atoms with Crippen LogP contribution in [0.15, 0.2) is 11.2 Å². The Bertz CT molecular complexity index is 448. The van der Waals surface area contributed by atoms with E-state index in [0.29, 0.717) is 12.0 Å². The van der Waals surface area contributed by atoms with Crippen molar-refractivity contribution >= 4 is 41.3 Å². The van der Waals surface area contributed by atoms with E-state index in [-0.39, 0.29) is 24.0 Å². The first-order valence-corrected chi connectivity index (χ1v) is 8.20. The molecule has 1 unspecified atom stereocenters. The average Bonchev–Trinajstić information content (AvgIpc) is 3.05. The molecular weight excluding hydrogens is 397 g/mol. The first-order chi connectivity index (χ1) is 9.69. The van der Waals surface area contributed by atoms with Crippen molar-refractivity contribution in [2.45, 2.75) is 39.2 Å². The summed E-state index contributed by atoms with van der Waals surface area (Å²) in [7, 11) is 0. The molecule has 5 nitrogen and oxygen atoms in total. The maximum atomic E-state index is 5.91. The molecule has 0 bridgehead atoms. The van der Waals surface area contributed by atoms with E-state index in [4.69, 9.17) is 5.73 Å². The summed E-state index contributed by atoms with van der Waals surface area (Å²) in [5.41, 5.74) is 5.91. The number of nitrogens with two attached hydrogens (primary N) is 1. The van der Waals surface area contributed by atoms with Crippen LogP contribution in [0.4, 0.5) is 0 Å². The topological polar surface area (TPSA) is 66.5 Å². The van der Waals surface area contributed by atoms with E-state index in [1.54, 1.807) is 11.3 Å². The predicted octanol–water partition coefficient (Wildman–Crippen LogP) is 2.00. The number of aryl methyl sites for hydroxylation is 1. The Kier molecular flexibility index (Phi) is 8.50. The fourth-order valence-electron chi connectivity index (χ4n) is 2.59. The molecule has 7 heteroatoms. The molecule has 2 rings (SSSR count). The molecule has 1 aliphatic rings. The number of rotatable bonds is 6. The van der Waals surface area contributed by atoms with Gasteiger partial charge in [0.05, 0.1) is 11.6 Å². The maximum absolute atomic E-state index is 5.91. The number of nitrogens with one attached hydrogen (secondary N) is 1. The van der Waals surface area contributed by atoms with E-state index in [0.717, 1.165) is 31.1 Å². The van der Waals surface area contributed by atoms with Crippen LogP contribution in [-0.4, -0.2) is 48.1 Å². The van der Waals surface area contributed by atoms with Gasteiger partial charge in [0.1, 0.15) is 0 Å². The molecule has 1 aromatic rings. The molecule has 0 aromatic carbocycles. The van der Waals surface area contributed by atoms with Crippen molar-refractivity contribution in [1.82, 2.24) is 15.2 Å². The van der Waals surface area contributed by atoms with Gasteiger partial charge >= 0.3 is 0 Å². The molecule has 1 atom stereocenters. The third-order valence-electron chi connectivity index (χ3n) is 3.69. The Balaban J connectivity index is 0.00000220. The smallest absolute Gasteiger partial charge is 0.188 e. The third kappa shape index (κ3) is 6.07. The average molecular weight is 423 g/mol. The largest absolute Gasteiger partial charge is 0.370 e. The van der Waals surface area contributed by atoms with Crippen LogP contribution in [0.3, 0.4) is 0 Å². The molecule has 1 saturated heterocycles. The number of aliphatic imine (C=N–C) groups is 1. The first-order valence-electron chi connectivity index (χ1n) is 7.38. The van der Waals surface area contributed by atoms with Crippen LogP contribution in [0.1, 0.15) is 29.7 Å². The molecule has 21 heavy (non-hydrogen) atoms. The van der Waals surface area contributed by atoms with E-state index >= 15 is 0 Å². The predicted molar refractivity (Wildman–Crippen MR) is 101 cm³/mol. The highest BCUT2D eigenvalue weighted by Crippen LogP contribution is 2.16. The monoisotopic (exact) mass is 423 g/mol. The van der Waals surface area contributed by atoms with Gasteiger partial charge in [0.15, 0.2) is 5.96 Å². The molecule has 1 aliphatic heterocycles. The molecule has 1 aromatic heterocycles. The summed E-state index contributed by atoms with van der Waals surface area (Å²) in [5.74, 6) is 0.557. The number of hydrogen-bond donors (Lipinski definition) is 2. The van der Waals surface area contributed by atoms with Crippen molar-refractivity contribution in [2.75, 3.05) is 26.2 Å². The summed E-state index contributed by atoms with van der Waals surface area (Å²) < 4.78 is 0. The summed E-state index contributed by atoms with van der Waals surface area (Å²) in [4.78, 5) is 12.5. The Morgan fingerprint density at radius 2 is 2.43 bits per heavy atom. The minimum atomic E-state index is 0. The maximum Gasteiger partial charge on any atom is 0.188 e. The first kappa shape index (κ1) is 18.6. The SMILES string of the molecule is CCN1CCCC1CN=C(N)NCCc1ncc(C)s1.I. The number of thiazole rings is 1. The van der Waals surface area contributed by atoms with Gasteiger partial charge in [0.2, 0.25) is 0 Å². The second-order valence-electron chi connectivity index (χ2n) is 5.19. The summed E-state index contributed by atoms with van der Waals surface area (Å²) in [6.07, 6.45) is 5.34. The Morgan fingerprint density at radius 1 is 1.62 bits per heavy atom. The zero-order chi connectivity index (χ0) is 14.4. The third-order valence-corrected chi connectivity index (χ3v) is 4.66. The molecule has 120 valence electrons. The lowest BCUT2D eigenvalue weighted by atomic mass is 10.2. The molecule has 1 fully saturated rings. The molecule has 0 spiro atoms. The zero-order valence-electron chi connectivity index (χ0n) is 12.8. The van der Waals surface area contributed by atoms with E-state index in [9.17, 15) is 0 Å². The zero-order valence-corrected chi connectivity index (χ0v) is 16.0. The standard InChI is InChI=1S/C14H25N5S.HI/c1-3-19-8-4-5-12(19)10-18-14(15)16-7-6-13-17-9-11(2)20-13;/h9,12H,3-8,10H2,1-2H3,(H3,15,16,18);1H. The number of likely N-dealkylation sites (N-methyl/N-ethyl adjacent to an activating group) is 1. The van der Waals surface area contributed by atoms with Crippen LogP contribution in [0.5, 0.6) is 0 Å². The van der Waals surface area contributed by atoms with Gasteiger partial charge in [-0.05, 0) is 32.9 Å². The fraction of sp³-hybridized carbons (Fsp3) is 0.714. The molecule has 0 amide bonds. The van der Waals surface area contributed by atoms with Crippen molar-refractivity contribution in [2.24, 2.45) is 10.7 Å². The lowest BCUT2D eigenvalue weighted by Gasteiger charge is -2.20. The fourth-order valence-corrected chi connectivity index (χ4v) is 3.38. The minimum absolute atomic E-state index is 0. The van der Waals surface area contributed by atoms with E-state index < -0.39 is 0 Å². The van der Waals surface area contributed by atoms with Crippen molar-refractivity contribution in [3.8, 4) is 0 Å². The van der Waals surface area contributed by atoms with Crippen LogP contribution in [0.2, 0.25) is 0 Å². The Hall–Kier alpha value is -0.410. The van der Waals surface area contributed by atoms with Gasteiger partial charge in [0, 0.05) is 30.1 Å². The molecule has 2 heterocycles. The van der Waals surface area contributed by atoms with Crippen molar-refractivity contribution in [3.05, 3.63) is 16.1 Å². The van der Waals surface area contributed by atoms with Crippen LogP contribution in [0, 0.1) is 6.92 Å². The van der Waals surface area contributed by atoms with Crippen molar-refractivity contribution in [3.63, 3.8) is 0 Å². The number of hydrogen-bond acceptors (Lipinski definition) is 4. The van der Waals surface area contributed by atoms with E-state index in [2.05, 4.69) is 34.0 Å². The summed E-state index contributed by atoms with van der Waals surface area (Å²) in [6.45, 7) is 8.20. The summed E-state index contributed by atoms with van der Waals surface area (Å²) in [6, 6.07) is 0.571. The van der Waals surface area contributed by atoms with Crippen LogP contribution in [-0.2, 0) is 6.42 Å². The normalized spacial score (nSPS) is 19.5. The van der Waals surface area contributed by atoms with Gasteiger partial charge in [0.25, 0.3) is 0 Å². The van der Waals surface area contributed by atoms with Crippen molar-refractivity contribution in [1.29, 1.82) is 0 Å². The highest BCUT2D eigenvalue weighted by atomic mass is 127. The minimum Gasteiger partial charge on any atom is -0.370 e. The van der Waals surface area contributed by atoms with Crippen LogP contribution >= 0.6 is 35.3 Å². The lowest BCUT2D eigenvalue weighted by molar-refractivity contribution is 0.273. The summed E-state index contributed by atoms with van der Waals surface area (Å²) in [5, 5.41) is 4.32. The molecule has 3 N–H and O–H groups in total. The van der Waals surface area contributed by atoms with Gasteiger partial charge in [-0.1, -0.05) is 6.92 Å². The van der Waals surface area contributed by atoms with Crippen LogP contribution in [0.25, 0.3) is 0 Å². The second-order valence-corrected chi connectivity index (χ2v) is 6.51. The molecule has 0 radical (unpaired) electrons. The molecular formula is C14H26IN5S. The van der Waals surface area contributed by atoms with E-state index in [1.807, 2.05) is 6.20 Å². The number of nitrogens with zero attached hydrogens (tertiary/aromatic N) is 3. The molecule has 0 saturated carbocycles. The van der Waals surface area contributed by atoms with E-state index in [1.165, 1.54) is 24.3 Å². The van der Waals surface area contributed by atoms with Gasteiger partial charge < -0.3 is 11.1 Å². The number of guanidine groups is 1. The summed E-state index contributed by atoms with van der Waals surface area (Å²) >= 11 is 1.74. The van der Waals surface area contributed by atoms with Gasteiger partial charge in [-0.2, -0.15) is 0 Å². The number of halogens is 1. The van der Waals surface area contributed by atoms with Gasteiger partial charge in [-0.25, -0.2) is 4.98 Å².